The second-order valence-electron chi connectivity index (χ2n) is 3.99. The number of anilines is 1. The van der Waals surface area contributed by atoms with Crippen molar-refractivity contribution in [1.29, 1.82) is 0 Å². The lowest BCUT2D eigenvalue weighted by Gasteiger charge is -2.18. The maximum absolute atomic E-state index is 5.98. The number of halogens is 1. The molecular weight excluding hydrogens is 264 g/mol. The van der Waals surface area contributed by atoms with E-state index in [1.807, 2.05) is 22.7 Å². The lowest BCUT2D eigenvalue weighted by molar-refractivity contribution is 0.660. The van der Waals surface area contributed by atoms with Crippen LogP contribution < -0.4 is 4.90 Å². The van der Waals surface area contributed by atoms with Crippen molar-refractivity contribution >= 4 is 17.5 Å². The monoisotopic (exact) mass is 280 g/mol. The summed E-state index contributed by atoms with van der Waals surface area (Å²) in [5, 5.41) is 4.42. The summed E-state index contributed by atoms with van der Waals surface area (Å²) in [7, 11) is 0. The third-order valence-electron chi connectivity index (χ3n) is 2.86. The molecule has 6 nitrogen and oxygen atoms in total. The Kier molecular flexibility index (Phi) is 4.31. The number of hydrogen-bond acceptors (Lipinski definition) is 5. The van der Waals surface area contributed by atoms with Crippen molar-refractivity contribution in [3.05, 3.63) is 17.7 Å². The van der Waals surface area contributed by atoms with Crippen LogP contribution in [0.3, 0.4) is 0 Å². The summed E-state index contributed by atoms with van der Waals surface area (Å²) in [6, 6.07) is 0. The van der Waals surface area contributed by atoms with Crippen LogP contribution in [-0.4, -0.2) is 37.8 Å². The Hall–Kier alpha value is -1.69. The van der Waals surface area contributed by atoms with E-state index >= 15 is 0 Å². The molecule has 102 valence electrons. The van der Waals surface area contributed by atoms with Gasteiger partial charge in [-0.25, -0.2) is 0 Å². The summed E-state index contributed by atoms with van der Waals surface area (Å²) in [4.78, 5) is 14.8. The maximum Gasteiger partial charge on any atom is 0.230 e. The highest BCUT2D eigenvalue weighted by Gasteiger charge is 2.12. The Balaban J connectivity index is 2.40. The quantitative estimate of drug-likeness (QED) is 0.841. The first kappa shape index (κ1) is 13.7. The topological polar surface area (TPSA) is 59.7 Å². The summed E-state index contributed by atoms with van der Waals surface area (Å²) in [6.07, 6.45) is 3.64. The van der Waals surface area contributed by atoms with Crippen LogP contribution >= 0.6 is 11.6 Å². The number of nitrogens with zero attached hydrogens (tertiary/aromatic N) is 6. The maximum atomic E-state index is 5.98. The molecule has 0 aliphatic carbocycles. The van der Waals surface area contributed by atoms with Gasteiger partial charge in [-0.05, 0) is 32.4 Å². The molecule has 0 spiro atoms. The SMILES string of the molecule is CCN(CC)c1nc(Cl)nc(-c2cnn(CC)c2)n1. The predicted molar refractivity (Wildman–Crippen MR) is 75.3 cm³/mol. The van der Waals surface area contributed by atoms with Crippen LogP contribution in [0.15, 0.2) is 12.4 Å². The van der Waals surface area contributed by atoms with E-state index in [1.165, 1.54) is 0 Å². The van der Waals surface area contributed by atoms with Crippen molar-refractivity contribution in [1.82, 2.24) is 24.7 Å². The Morgan fingerprint density at radius 2 is 1.89 bits per heavy atom. The highest BCUT2D eigenvalue weighted by molar-refractivity contribution is 6.28. The van der Waals surface area contributed by atoms with E-state index in [9.17, 15) is 0 Å². The van der Waals surface area contributed by atoms with Crippen LogP contribution in [-0.2, 0) is 6.54 Å². The van der Waals surface area contributed by atoms with E-state index in [0.29, 0.717) is 11.8 Å². The van der Waals surface area contributed by atoms with Crippen LogP contribution in [0, 0.1) is 0 Å². The number of rotatable bonds is 5. The molecule has 0 bridgehead atoms. The first-order chi connectivity index (χ1) is 9.17. The van der Waals surface area contributed by atoms with Gasteiger partial charge in [-0.1, -0.05) is 0 Å². The minimum atomic E-state index is 0.205. The van der Waals surface area contributed by atoms with Gasteiger partial charge in [0.2, 0.25) is 11.2 Å². The normalized spacial score (nSPS) is 10.7. The number of hydrogen-bond donors (Lipinski definition) is 0. The number of aromatic nitrogens is 5. The zero-order valence-corrected chi connectivity index (χ0v) is 12.1. The molecule has 0 N–H and O–H groups in total. The standard InChI is InChI=1S/C12H17ClN6/c1-4-18(5-2)12-16-10(15-11(13)17-12)9-7-14-19(6-3)8-9/h7-8H,4-6H2,1-3H3. The van der Waals surface area contributed by atoms with Gasteiger partial charge >= 0.3 is 0 Å². The van der Waals surface area contributed by atoms with Crippen molar-refractivity contribution < 1.29 is 0 Å². The Morgan fingerprint density at radius 3 is 2.47 bits per heavy atom. The zero-order valence-electron chi connectivity index (χ0n) is 11.3. The molecule has 0 amide bonds. The van der Waals surface area contributed by atoms with E-state index in [-0.39, 0.29) is 5.28 Å². The van der Waals surface area contributed by atoms with Crippen LogP contribution in [0.1, 0.15) is 20.8 Å². The molecule has 19 heavy (non-hydrogen) atoms. The average molecular weight is 281 g/mol. The fraction of sp³-hybridized carbons (Fsp3) is 0.500. The summed E-state index contributed by atoms with van der Waals surface area (Å²) in [5.74, 6) is 1.16. The third-order valence-corrected chi connectivity index (χ3v) is 3.03. The van der Waals surface area contributed by atoms with E-state index in [4.69, 9.17) is 11.6 Å². The molecule has 0 aliphatic rings. The Morgan fingerprint density at radius 1 is 1.16 bits per heavy atom. The molecule has 0 radical (unpaired) electrons. The summed E-state index contributed by atoms with van der Waals surface area (Å²) < 4.78 is 1.82. The second kappa shape index (κ2) is 5.97. The van der Waals surface area contributed by atoms with Gasteiger partial charge in [-0.3, -0.25) is 4.68 Å². The first-order valence-corrected chi connectivity index (χ1v) is 6.75. The lowest BCUT2D eigenvalue weighted by Crippen LogP contribution is -2.24. The van der Waals surface area contributed by atoms with Gasteiger partial charge in [0.05, 0.1) is 11.8 Å². The van der Waals surface area contributed by atoms with Gasteiger partial charge < -0.3 is 4.90 Å². The minimum absolute atomic E-state index is 0.205. The molecular formula is C12H17ClN6. The van der Waals surface area contributed by atoms with Gasteiger partial charge in [-0.2, -0.15) is 20.1 Å². The number of aryl methyl sites for hydroxylation is 1. The van der Waals surface area contributed by atoms with Crippen molar-refractivity contribution in [2.45, 2.75) is 27.3 Å². The Bertz CT molecular complexity index is 549. The van der Waals surface area contributed by atoms with Gasteiger partial charge in [0.15, 0.2) is 5.82 Å². The summed E-state index contributed by atoms with van der Waals surface area (Å²) in [6.45, 7) is 8.58. The second-order valence-corrected chi connectivity index (χ2v) is 4.32. The molecule has 7 heteroatoms. The van der Waals surface area contributed by atoms with Gasteiger partial charge in [0, 0.05) is 25.8 Å². The van der Waals surface area contributed by atoms with E-state index in [0.717, 1.165) is 25.2 Å². The third kappa shape index (κ3) is 3.01. The summed E-state index contributed by atoms with van der Waals surface area (Å²) in [5.41, 5.74) is 0.847. The van der Waals surface area contributed by atoms with Crippen LogP contribution in [0.4, 0.5) is 5.95 Å². The molecule has 2 aromatic rings. The Labute approximate surface area is 117 Å². The molecule has 0 fully saturated rings. The highest BCUT2D eigenvalue weighted by atomic mass is 35.5. The van der Waals surface area contributed by atoms with Crippen LogP contribution in [0.25, 0.3) is 11.4 Å². The van der Waals surface area contributed by atoms with E-state index in [1.54, 1.807) is 6.20 Å². The molecule has 2 heterocycles. The van der Waals surface area contributed by atoms with E-state index < -0.39 is 0 Å². The van der Waals surface area contributed by atoms with Crippen molar-refractivity contribution in [2.75, 3.05) is 18.0 Å². The van der Waals surface area contributed by atoms with Crippen LogP contribution in [0.2, 0.25) is 5.28 Å². The minimum Gasteiger partial charge on any atom is -0.341 e. The molecule has 2 aromatic heterocycles. The van der Waals surface area contributed by atoms with E-state index in [2.05, 4.69) is 33.9 Å². The van der Waals surface area contributed by atoms with Crippen molar-refractivity contribution in [3.8, 4) is 11.4 Å². The summed E-state index contributed by atoms with van der Waals surface area (Å²) >= 11 is 5.98. The molecule has 0 saturated carbocycles. The smallest absolute Gasteiger partial charge is 0.230 e. The van der Waals surface area contributed by atoms with Crippen LogP contribution in [0.5, 0.6) is 0 Å². The van der Waals surface area contributed by atoms with Crippen molar-refractivity contribution in [3.63, 3.8) is 0 Å². The largest absolute Gasteiger partial charge is 0.341 e. The molecule has 0 unspecified atom stereocenters. The van der Waals surface area contributed by atoms with Gasteiger partial charge in [0.25, 0.3) is 0 Å². The van der Waals surface area contributed by atoms with Crippen molar-refractivity contribution in [2.24, 2.45) is 0 Å². The van der Waals surface area contributed by atoms with Gasteiger partial charge in [-0.15, -0.1) is 0 Å². The molecule has 0 saturated heterocycles. The predicted octanol–water partition coefficient (Wildman–Crippen LogP) is 2.25. The highest BCUT2D eigenvalue weighted by Crippen LogP contribution is 2.19. The lowest BCUT2D eigenvalue weighted by atomic mass is 10.3. The average Bonchev–Trinajstić information content (AvgIpc) is 2.88. The van der Waals surface area contributed by atoms with Gasteiger partial charge in [0.1, 0.15) is 0 Å². The molecule has 0 aliphatic heterocycles. The fourth-order valence-electron chi connectivity index (χ4n) is 1.77. The first-order valence-electron chi connectivity index (χ1n) is 6.37. The molecule has 0 aromatic carbocycles. The molecule has 0 atom stereocenters. The zero-order chi connectivity index (χ0) is 13.8. The fourth-order valence-corrected chi connectivity index (χ4v) is 1.92. The molecule has 2 rings (SSSR count).